The van der Waals surface area contributed by atoms with Gasteiger partial charge >= 0.3 is 0 Å². The van der Waals surface area contributed by atoms with Crippen LogP contribution in [0.25, 0.3) is 27.6 Å². The topological polar surface area (TPSA) is 89.0 Å². The summed E-state index contributed by atoms with van der Waals surface area (Å²) in [5.74, 6) is -0.538. The first-order valence-corrected chi connectivity index (χ1v) is 11.4. The number of hydrogen-bond acceptors (Lipinski definition) is 5. The molecule has 0 fully saturated rings. The number of ether oxygens (including phenoxy) is 1. The molecule has 34 heavy (non-hydrogen) atoms. The zero-order chi connectivity index (χ0) is 23.7. The van der Waals surface area contributed by atoms with Gasteiger partial charge in [0.15, 0.2) is 5.16 Å². The Kier molecular flexibility index (Phi) is 5.77. The average molecular weight is 475 g/mol. The Balaban J connectivity index is 1.60. The number of hydrogen-bond donors (Lipinski definition) is 2. The van der Waals surface area contributed by atoms with Crippen LogP contribution >= 0.6 is 11.8 Å². The van der Waals surface area contributed by atoms with Crippen LogP contribution in [0.2, 0.25) is 0 Å². The van der Waals surface area contributed by atoms with E-state index >= 15 is 0 Å². The molecule has 0 spiro atoms. The van der Waals surface area contributed by atoms with Gasteiger partial charge in [0, 0.05) is 10.9 Å². The summed E-state index contributed by atoms with van der Waals surface area (Å²) < 4.78 is 20.8. The maximum Gasteiger partial charge on any atom is 0.283 e. The quantitative estimate of drug-likeness (QED) is 0.274. The summed E-state index contributed by atoms with van der Waals surface area (Å²) in [6.07, 6.45) is 0. The molecular formula is C25H19FN4O3S. The van der Waals surface area contributed by atoms with Gasteiger partial charge in [-0.1, -0.05) is 54.2 Å². The van der Waals surface area contributed by atoms with Crippen molar-refractivity contribution >= 4 is 45.3 Å². The summed E-state index contributed by atoms with van der Waals surface area (Å²) >= 11 is 1.08. The Hall–Kier alpha value is -4.11. The molecule has 2 N–H and O–H groups in total. The molecule has 5 rings (SSSR count). The third-order valence-electron chi connectivity index (χ3n) is 5.30. The Labute approximate surface area is 197 Å². The second-order valence-corrected chi connectivity index (χ2v) is 8.36. The van der Waals surface area contributed by atoms with Gasteiger partial charge in [0.25, 0.3) is 5.56 Å². The number of carbonyl (C=O) groups is 1. The number of halogens is 1. The second kappa shape index (κ2) is 9.03. The van der Waals surface area contributed by atoms with Crippen LogP contribution in [0.4, 0.5) is 10.1 Å². The van der Waals surface area contributed by atoms with Crippen LogP contribution in [0.1, 0.15) is 0 Å². The van der Waals surface area contributed by atoms with Gasteiger partial charge in [-0.3, -0.25) is 9.59 Å². The van der Waals surface area contributed by atoms with Crippen LogP contribution < -0.4 is 15.6 Å². The van der Waals surface area contributed by atoms with E-state index in [0.717, 1.165) is 22.7 Å². The number of anilines is 1. The Morgan fingerprint density at radius 1 is 1.09 bits per heavy atom. The zero-order valence-corrected chi connectivity index (χ0v) is 18.9. The monoisotopic (exact) mass is 474 g/mol. The Bertz CT molecular complexity index is 1590. The molecular weight excluding hydrogens is 455 g/mol. The first kappa shape index (κ1) is 21.7. The van der Waals surface area contributed by atoms with Crippen molar-refractivity contribution in [3.63, 3.8) is 0 Å². The lowest BCUT2D eigenvalue weighted by atomic mass is 10.2. The van der Waals surface area contributed by atoms with Crippen LogP contribution in [-0.4, -0.2) is 33.3 Å². The highest BCUT2D eigenvalue weighted by Gasteiger charge is 2.20. The predicted octanol–water partition coefficient (Wildman–Crippen LogP) is 4.75. The maximum atomic E-state index is 13.9. The molecule has 170 valence electrons. The van der Waals surface area contributed by atoms with Crippen LogP contribution in [0, 0.1) is 5.82 Å². The summed E-state index contributed by atoms with van der Waals surface area (Å²) in [6.45, 7) is 0. The lowest BCUT2D eigenvalue weighted by molar-refractivity contribution is -0.113. The fraction of sp³-hybridized carbons (Fsp3) is 0.0800. The molecule has 7 nitrogen and oxygen atoms in total. The molecule has 5 aromatic rings. The number of carbonyl (C=O) groups excluding carboxylic acids is 1. The van der Waals surface area contributed by atoms with E-state index in [4.69, 9.17) is 9.72 Å². The minimum atomic E-state index is -0.523. The molecule has 9 heteroatoms. The molecule has 0 atom stereocenters. The summed E-state index contributed by atoms with van der Waals surface area (Å²) in [5.41, 5.74) is 1.93. The third-order valence-corrected chi connectivity index (χ3v) is 6.24. The highest BCUT2D eigenvalue weighted by atomic mass is 32.2. The van der Waals surface area contributed by atoms with Crippen molar-refractivity contribution < 1.29 is 13.9 Å². The van der Waals surface area contributed by atoms with E-state index in [0.29, 0.717) is 27.6 Å². The highest BCUT2D eigenvalue weighted by Crippen LogP contribution is 2.29. The van der Waals surface area contributed by atoms with Crippen molar-refractivity contribution in [3.05, 3.63) is 89.0 Å². The number of H-pyrrole nitrogens is 1. The van der Waals surface area contributed by atoms with E-state index in [9.17, 15) is 14.0 Å². The van der Waals surface area contributed by atoms with E-state index < -0.39 is 11.7 Å². The first-order chi connectivity index (χ1) is 16.6. The molecule has 0 aliphatic carbocycles. The minimum absolute atomic E-state index is 0.0796. The number of amides is 1. The lowest BCUT2D eigenvalue weighted by Crippen LogP contribution is -2.23. The van der Waals surface area contributed by atoms with Gasteiger partial charge in [-0.05, 0) is 30.3 Å². The summed E-state index contributed by atoms with van der Waals surface area (Å²) in [4.78, 5) is 34.1. The molecule has 3 aromatic carbocycles. The van der Waals surface area contributed by atoms with Gasteiger partial charge in [0.1, 0.15) is 22.6 Å². The van der Waals surface area contributed by atoms with Gasteiger partial charge in [-0.2, -0.15) is 0 Å². The van der Waals surface area contributed by atoms with E-state index in [1.165, 1.54) is 23.8 Å². The summed E-state index contributed by atoms with van der Waals surface area (Å²) in [7, 11) is 1.52. The van der Waals surface area contributed by atoms with E-state index in [1.54, 1.807) is 36.4 Å². The minimum Gasteiger partial charge on any atom is -0.495 e. The maximum absolute atomic E-state index is 13.9. The summed E-state index contributed by atoms with van der Waals surface area (Å²) in [5, 5.41) is 3.68. The number of aromatic amines is 1. The molecule has 0 saturated carbocycles. The van der Waals surface area contributed by atoms with Gasteiger partial charge in [0.05, 0.1) is 24.2 Å². The van der Waals surface area contributed by atoms with Gasteiger partial charge in [0.2, 0.25) is 5.91 Å². The number of benzene rings is 3. The Morgan fingerprint density at radius 3 is 2.65 bits per heavy atom. The fourth-order valence-electron chi connectivity index (χ4n) is 3.75. The van der Waals surface area contributed by atoms with Crippen molar-refractivity contribution in [2.75, 3.05) is 18.2 Å². The largest absolute Gasteiger partial charge is 0.495 e. The lowest BCUT2D eigenvalue weighted by Gasteiger charge is -2.15. The van der Waals surface area contributed by atoms with Crippen molar-refractivity contribution in [1.82, 2.24) is 14.5 Å². The van der Waals surface area contributed by atoms with Crippen LogP contribution in [0.3, 0.4) is 0 Å². The van der Waals surface area contributed by atoms with Gasteiger partial charge in [-0.15, -0.1) is 0 Å². The molecule has 0 aliphatic heterocycles. The molecule has 2 aromatic heterocycles. The molecule has 0 saturated heterocycles. The van der Waals surface area contributed by atoms with E-state index in [2.05, 4.69) is 10.3 Å². The molecule has 1 amide bonds. The number of rotatable bonds is 6. The van der Waals surface area contributed by atoms with Crippen LogP contribution in [0.15, 0.2) is 82.7 Å². The van der Waals surface area contributed by atoms with Crippen LogP contribution in [0.5, 0.6) is 5.75 Å². The predicted molar refractivity (Wildman–Crippen MR) is 132 cm³/mol. The van der Waals surface area contributed by atoms with Crippen molar-refractivity contribution in [3.8, 4) is 11.4 Å². The van der Waals surface area contributed by atoms with E-state index in [1.807, 2.05) is 24.3 Å². The summed E-state index contributed by atoms with van der Waals surface area (Å²) in [6, 6.07) is 20.5. The van der Waals surface area contributed by atoms with Gasteiger partial charge in [-0.25, -0.2) is 13.9 Å². The highest BCUT2D eigenvalue weighted by molar-refractivity contribution is 7.99. The number of methoxy groups -OCH3 is 1. The normalized spacial score (nSPS) is 11.1. The first-order valence-electron chi connectivity index (χ1n) is 10.4. The third kappa shape index (κ3) is 3.90. The van der Waals surface area contributed by atoms with Crippen molar-refractivity contribution in [2.24, 2.45) is 0 Å². The molecule has 0 bridgehead atoms. The number of para-hydroxylation sites is 4. The standard InChI is InChI=1S/C25H19FN4O3S/c1-33-20-13-7-6-12-19(20)30-24(32)23-22(15-8-2-4-10-17(15)28-23)29-25(30)34-14-21(31)27-18-11-5-3-9-16(18)26/h2-13,28H,14H2,1H3,(H,27,31). The van der Waals surface area contributed by atoms with Crippen molar-refractivity contribution in [1.29, 1.82) is 0 Å². The number of nitrogens with zero attached hydrogens (tertiary/aromatic N) is 2. The fourth-order valence-corrected chi connectivity index (χ4v) is 4.54. The molecule has 0 aliphatic rings. The van der Waals surface area contributed by atoms with Gasteiger partial charge < -0.3 is 15.0 Å². The Morgan fingerprint density at radius 2 is 1.82 bits per heavy atom. The molecule has 0 unspecified atom stereocenters. The average Bonchev–Trinajstić information content (AvgIpc) is 3.23. The number of aromatic nitrogens is 3. The number of nitrogens with one attached hydrogen (secondary N) is 2. The number of fused-ring (bicyclic) bond motifs is 3. The second-order valence-electron chi connectivity index (χ2n) is 7.42. The SMILES string of the molecule is COc1ccccc1-n1c(SCC(=O)Nc2ccccc2F)nc2c([nH]c3ccccc32)c1=O. The molecule has 2 heterocycles. The van der Waals surface area contributed by atoms with Crippen molar-refractivity contribution in [2.45, 2.75) is 5.16 Å². The van der Waals surface area contributed by atoms with Crippen LogP contribution in [-0.2, 0) is 4.79 Å². The smallest absolute Gasteiger partial charge is 0.283 e. The number of thioether (sulfide) groups is 1. The zero-order valence-electron chi connectivity index (χ0n) is 18.0. The molecule has 0 radical (unpaired) electrons. The van der Waals surface area contributed by atoms with E-state index in [-0.39, 0.29) is 17.0 Å².